The summed E-state index contributed by atoms with van der Waals surface area (Å²) in [5.41, 5.74) is 0.524. The number of nitrogens with zero attached hydrogens (tertiary/aromatic N) is 2. The maximum Gasteiger partial charge on any atom is 0.341 e. The van der Waals surface area contributed by atoms with Crippen molar-refractivity contribution in [3.63, 3.8) is 0 Å². The standard InChI is InChI=1S/C14H15N3O5S/c1-2-21-10-5-3-4-9(13(10)22-7-12(19)20)6-15-17-14-16-11(18)8-23-14/h3-6H,2,7-8H2,1H3,(H,19,20)(H,16,17,18). The van der Waals surface area contributed by atoms with Gasteiger partial charge in [0.1, 0.15) is 0 Å². The molecular weight excluding hydrogens is 322 g/mol. The molecule has 1 aliphatic rings. The number of carboxylic acid groups (broad SMARTS) is 1. The highest BCUT2D eigenvalue weighted by Gasteiger charge is 2.16. The van der Waals surface area contributed by atoms with E-state index in [1.165, 1.54) is 18.0 Å². The first kappa shape index (κ1) is 16.8. The average molecular weight is 337 g/mol. The summed E-state index contributed by atoms with van der Waals surface area (Å²) in [6.07, 6.45) is 1.41. The monoisotopic (exact) mass is 337 g/mol. The van der Waals surface area contributed by atoms with Crippen LogP contribution in [0, 0.1) is 0 Å². The predicted molar refractivity (Wildman–Crippen MR) is 86.4 cm³/mol. The quantitative estimate of drug-likeness (QED) is 0.569. The Bertz CT molecular complexity index is 660. The number of amidine groups is 1. The molecule has 8 nitrogen and oxygen atoms in total. The summed E-state index contributed by atoms with van der Waals surface area (Å²) in [6.45, 7) is 1.73. The molecule has 2 N–H and O–H groups in total. The van der Waals surface area contributed by atoms with Crippen LogP contribution in [-0.2, 0) is 9.59 Å². The summed E-state index contributed by atoms with van der Waals surface area (Å²) in [5.74, 6) is -0.184. The van der Waals surface area contributed by atoms with Gasteiger partial charge in [-0.1, -0.05) is 17.8 Å². The molecule has 1 fully saturated rings. The van der Waals surface area contributed by atoms with E-state index in [9.17, 15) is 9.59 Å². The number of benzene rings is 1. The summed E-state index contributed by atoms with van der Waals surface area (Å²) < 4.78 is 10.7. The number of aliphatic carboxylic acids is 1. The number of carbonyl (C=O) groups is 2. The predicted octanol–water partition coefficient (Wildman–Crippen LogP) is 1.10. The van der Waals surface area contributed by atoms with Crippen LogP contribution in [0.2, 0.25) is 0 Å². The van der Waals surface area contributed by atoms with E-state index in [2.05, 4.69) is 15.5 Å². The van der Waals surface area contributed by atoms with E-state index in [0.29, 0.717) is 28.8 Å². The highest BCUT2D eigenvalue weighted by Crippen LogP contribution is 2.30. The van der Waals surface area contributed by atoms with Gasteiger partial charge in [0, 0.05) is 5.56 Å². The fraction of sp³-hybridized carbons (Fsp3) is 0.286. The van der Waals surface area contributed by atoms with Gasteiger partial charge in [-0.25, -0.2) is 4.79 Å². The van der Waals surface area contributed by atoms with Crippen LogP contribution in [0.3, 0.4) is 0 Å². The molecule has 0 radical (unpaired) electrons. The number of hydrogen-bond acceptors (Lipinski definition) is 7. The molecule has 1 aromatic rings. The molecule has 0 atom stereocenters. The summed E-state index contributed by atoms with van der Waals surface area (Å²) in [7, 11) is 0. The summed E-state index contributed by atoms with van der Waals surface area (Å²) in [5, 5.41) is 19.5. The maximum absolute atomic E-state index is 11.0. The molecule has 0 unspecified atom stereocenters. The molecule has 23 heavy (non-hydrogen) atoms. The molecule has 0 aliphatic carbocycles. The third kappa shape index (κ3) is 4.99. The lowest BCUT2D eigenvalue weighted by molar-refractivity contribution is -0.139. The van der Waals surface area contributed by atoms with Crippen molar-refractivity contribution in [3.8, 4) is 11.5 Å². The minimum Gasteiger partial charge on any atom is -0.490 e. The van der Waals surface area contributed by atoms with Gasteiger partial charge in [-0.3, -0.25) is 4.79 Å². The molecule has 1 heterocycles. The summed E-state index contributed by atoms with van der Waals surface area (Å²) >= 11 is 1.26. The normalized spacial score (nSPS) is 15.9. The lowest BCUT2D eigenvalue weighted by Crippen LogP contribution is -2.19. The molecule has 9 heteroatoms. The summed E-state index contributed by atoms with van der Waals surface area (Å²) in [4.78, 5) is 21.8. The van der Waals surface area contributed by atoms with Gasteiger partial charge in [-0.05, 0) is 19.1 Å². The van der Waals surface area contributed by atoms with E-state index < -0.39 is 12.6 Å². The first-order valence-corrected chi connectivity index (χ1v) is 7.72. The van der Waals surface area contributed by atoms with Crippen molar-refractivity contribution in [1.29, 1.82) is 0 Å². The fourth-order valence-corrected chi connectivity index (χ4v) is 2.35. The van der Waals surface area contributed by atoms with Crippen molar-refractivity contribution in [2.45, 2.75) is 6.92 Å². The smallest absolute Gasteiger partial charge is 0.341 e. The van der Waals surface area contributed by atoms with Crippen LogP contribution >= 0.6 is 11.8 Å². The van der Waals surface area contributed by atoms with Crippen LogP contribution in [0.5, 0.6) is 11.5 Å². The number of amides is 1. The molecule has 1 saturated heterocycles. The third-order valence-corrected chi connectivity index (χ3v) is 3.44. The van der Waals surface area contributed by atoms with Crippen LogP contribution in [-0.4, -0.2) is 47.3 Å². The zero-order valence-electron chi connectivity index (χ0n) is 12.3. The van der Waals surface area contributed by atoms with Gasteiger partial charge in [0.15, 0.2) is 23.3 Å². The lowest BCUT2D eigenvalue weighted by Gasteiger charge is -2.12. The van der Waals surface area contributed by atoms with Gasteiger partial charge < -0.3 is 19.9 Å². The highest BCUT2D eigenvalue weighted by molar-refractivity contribution is 8.15. The van der Waals surface area contributed by atoms with Crippen molar-refractivity contribution in [2.24, 2.45) is 10.2 Å². The second-order valence-corrected chi connectivity index (χ2v) is 5.24. The van der Waals surface area contributed by atoms with Crippen molar-refractivity contribution in [3.05, 3.63) is 23.8 Å². The highest BCUT2D eigenvalue weighted by atomic mass is 32.2. The van der Waals surface area contributed by atoms with Crippen LogP contribution in [0.15, 0.2) is 28.4 Å². The Morgan fingerprint density at radius 3 is 2.96 bits per heavy atom. The van der Waals surface area contributed by atoms with Gasteiger partial charge in [0.05, 0.1) is 18.6 Å². The average Bonchev–Trinajstić information content (AvgIpc) is 2.92. The topological polar surface area (TPSA) is 110 Å². The van der Waals surface area contributed by atoms with E-state index in [0.717, 1.165) is 0 Å². The van der Waals surface area contributed by atoms with Gasteiger partial charge in [0.2, 0.25) is 5.91 Å². The number of thioether (sulfide) groups is 1. The summed E-state index contributed by atoms with van der Waals surface area (Å²) in [6, 6.07) is 5.11. The van der Waals surface area contributed by atoms with Crippen molar-refractivity contribution in [2.75, 3.05) is 19.0 Å². The number of para-hydroxylation sites is 1. The molecule has 0 aromatic heterocycles. The molecule has 1 amide bonds. The largest absolute Gasteiger partial charge is 0.490 e. The van der Waals surface area contributed by atoms with Crippen LogP contribution in [0.4, 0.5) is 0 Å². The maximum atomic E-state index is 11.0. The van der Waals surface area contributed by atoms with Crippen molar-refractivity contribution >= 4 is 35.0 Å². The first-order valence-electron chi connectivity index (χ1n) is 6.74. The van der Waals surface area contributed by atoms with Crippen molar-refractivity contribution < 1.29 is 24.2 Å². The van der Waals surface area contributed by atoms with E-state index in [1.54, 1.807) is 18.2 Å². The Balaban J connectivity index is 2.20. The van der Waals surface area contributed by atoms with Crippen LogP contribution in [0.25, 0.3) is 0 Å². The molecule has 0 bridgehead atoms. The molecule has 2 rings (SSSR count). The van der Waals surface area contributed by atoms with Crippen molar-refractivity contribution in [1.82, 2.24) is 5.32 Å². The Hall–Kier alpha value is -2.55. The van der Waals surface area contributed by atoms with Gasteiger partial charge >= 0.3 is 5.97 Å². The lowest BCUT2D eigenvalue weighted by atomic mass is 10.2. The molecule has 1 aromatic carbocycles. The van der Waals surface area contributed by atoms with Crippen LogP contribution in [0.1, 0.15) is 12.5 Å². The third-order valence-electron chi connectivity index (χ3n) is 2.58. The number of carbonyl (C=O) groups excluding carboxylic acids is 1. The van der Waals surface area contributed by atoms with Gasteiger partial charge in [0.25, 0.3) is 0 Å². The molecular formula is C14H15N3O5S. The Labute approximate surface area is 136 Å². The fourth-order valence-electron chi connectivity index (χ4n) is 1.71. The van der Waals surface area contributed by atoms with Crippen LogP contribution < -0.4 is 14.8 Å². The zero-order chi connectivity index (χ0) is 16.7. The number of rotatable bonds is 7. The minimum absolute atomic E-state index is 0.118. The zero-order valence-corrected chi connectivity index (χ0v) is 13.1. The number of carboxylic acids is 1. The first-order chi connectivity index (χ1) is 11.1. The van der Waals surface area contributed by atoms with Gasteiger partial charge in [-0.15, -0.1) is 5.10 Å². The Morgan fingerprint density at radius 1 is 1.48 bits per heavy atom. The number of ether oxygens (including phenoxy) is 2. The number of nitrogens with one attached hydrogen (secondary N) is 1. The molecule has 0 saturated carbocycles. The number of hydrogen-bond donors (Lipinski definition) is 2. The molecule has 0 spiro atoms. The van der Waals surface area contributed by atoms with E-state index in [-0.39, 0.29) is 11.7 Å². The molecule has 122 valence electrons. The van der Waals surface area contributed by atoms with E-state index in [1.807, 2.05) is 6.92 Å². The molecule has 1 aliphatic heterocycles. The SMILES string of the molecule is CCOc1cccc(C=NN=C2NC(=O)CS2)c1OCC(=O)O. The Kier molecular flexibility index (Phi) is 5.98. The van der Waals surface area contributed by atoms with E-state index in [4.69, 9.17) is 14.6 Å². The second-order valence-electron chi connectivity index (χ2n) is 4.28. The minimum atomic E-state index is -1.09. The van der Waals surface area contributed by atoms with E-state index >= 15 is 0 Å². The van der Waals surface area contributed by atoms with Gasteiger partial charge in [-0.2, -0.15) is 5.10 Å². The second kappa shape index (κ2) is 8.18. The Morgan fingerprint density at radius 2 is 2.30 bits per heavy atom.